The fraction of sp³-hybridized carbons (Fsp3) is 0.0500. The van der Waals surface area contributed by atoms with Crippen LogP contribution in [0.5, 0.6) is 0 Å². The number of amides is 2. The third kappa shape index (κ3) is 5.05. The first kappa shape index (κ1) is 19.3. The van der Waals surface area contributed by atoms with Crippen molar-refractivity contribution < 1.29 is 14.0 Å². The summed E-state index contributed by atoms with van der Waals surface area (Å²) in [5.41, 5.74) is 2.44. The van der Waals surface area contributed by atoms with E-state index in [2.05, 4.69) is 20.9 Å². The number of nitrogens with zero attached hydrogens (tertiary/aromatic N) is 1. The topological polar surface area (TPSA) is 83.1 Å². The van der Waals surface area contributed by atoms with Crippen molar-refractivity contribution in [3.63, 3.8) is 0 Å². The van der Waals surface area contributed by atoms with Gasteiger partial charge < -0.3 is 16.0 Å². The summed E-state index contributed by atoms with van der Waals surface area (Å²) in [6, 6.07) is 14.2. The number of carbonyl (C=O) groups is 2. The summed E-state index contributed by atoms with van der Waals surface area (Å²) < 4.78 is 13.3. The molecule has 28 heavy (non-hydrogen) atoms. The summed E-state index contributed by atoms with van der Waals surface area (Å²) in [6.07, 6.45) is 1.48. The quantitative estimate of drug-likeness (QED) is 0.575. The van der Waals surface area contributed by atoms with E-state index >= 15 is 0 Å². The summed E-state index contributed by atoms with van der Waals surface area (Å²) in [4.78, 5) is 27.7. The van der Waals surface area contributed by atoms with Crippen LogP contribution in [0.3, 0.4) is 0 Å². The Bertz CT molecular complexity index is 1040. The molecule has 2 amide bonds. The molecular weight excluding hydrogens is 383 g/mol. The first-order valence-electron chi connectivity index (χ1n) is 8.28. The van der Waals surface area contributed by atoms with Crippen molar-refractivity contribution in [2.24, 2.45) is 0 Å². The molecule has 0 aliphatic rings. The Morgan fingerprint density at radius 1 is 0.929 bits per heavy atom. The van der Waals surface area contributed by atoms with Gasteiger partial charge in [-0.1, -0.05) is 17.7 Å². The molecule has 0 saturated heterocycles. The molecule has 0 radical (unpaired) electrons. The minimum Gasteiger partial charge on any atom is -0.355 e. The van der Waals surface area contributed by atoms with E-state index in [-0.39, 0.29) is 16.6 Å². The van der Waals surface area contributed by atoms with Crippen LogP contribution in [0.1, 0.15) is 17.4 Å². The fourth-order valence-electron chi connectivity index (χ4n) is 2.45. The molecular formula is C20H16ClFN4O2. The lowest BCUT2D eigenvalue weighted by atomic mass is 10.2. The van der Waals surface area contributed by atoms with Crippen LogP contribution >= 0.6 is 11.6 Å². The second-order valence-electron chi connectivity index (χ2n) is 5.90. The highest BCUT2D eigenvalue weighted by molar-refractivity contribution is 6.31. The molecule has 142 valence electrons. The van der Waals surface area contributed by atoms with Gasteiger partial charge in [0.25, 0.3) is 5.91 Å². The van der Waals surface area contributed by atoms with Crippen LogP contribution in [0.2, 0.25) is 5.02 Å². The zero-order valence-corrected chi connectivity index (χ0v) is 15.5. The number of hydrogen-bond acceptors (Lipinski definition) is 4. The summed E-state index contributed by atoms with van der Waals surface area (Å²) >= 11 is 5.78. The molecule has 3 N–H and O–H groups in total. The third-order valence-electron chi connectivity index (χ3n) is 3.64. The fourth-order valence-corrected chi connectivity index (χ4v) is 2.63. The van der Waals surface area contributed by atoms with Crippen molar-refractivity contribution in [3.05, 3.63) is 77.3 Å². The van der Waals surface area contributed by atoms with Gasteiger partial charge >= 0.3 is 0 Å². The molecule has 8 heteroatoms. The average Bonchev–Trinajstić information content (AvgIpc) is 2.65. The molecule has 2 aromatic carbocycles. The number of nitrogens with one attached hydrogen (secondary N) is 3. The van der Waals surface area contributed by atoms with Gasteiger partial charge in [0, 0.05) is 35.9 Å². The van der Waals surface area contributed by atoms with Crippen molar-refractivity contribution in [1.29, 1.82) is 0 Å². The number of benzene rings is 2. The van der Waals surface area contributed by atoms with Gasteiger partial charge in [-0.15, -0.1) is 0 Å². The van der Waals surface area contributed by atoms with Gasteiger partial charge in [-0.25, -0.2) is 4.39 Å². The van der Waals surface area contributed by atoms with Gasteiger partial charge in [0.05, 0.1) is 5.02 Å². The SMILES string of the molecule is CC(=O)Nc1cccc(NC(=O)c2cc(Nc3ccc(F)c(Cl)c3)ccn2)c1. The monoisotopic (exact) mass is 398 g/mol. The van der Waals surface area contributed by atoms with E-state index < -0.39 is 11.7 Å². The molecule has 0 saturated carbocycles. The van der Waals surface area contributed by atoms with E-state index in [0.29, 0.717) is 22.7 Å². The summed E-state index contributed by atoms with van der Waals surface area (Å²) in [7, 11) is 0. The Morgan fingerprint density at radius 2 is 1.64 bits per heavy atom. The molecule has 3 rings (SSSR count). The van der Waals surface area contributed by atoms with E-state index in [1.807, 2.05) is 0 Å². The minimum atomic E-state index is -0.511. The Hall–Kier alpha value is -3.45. The van der Waals surface area contributed by atoms with Crippen LogP contribution in [-0.2, 0) is 4.79 Å². The number of aromatic nitrogens is 1. The predicted molar refractivity (Wildman–Crippen MR) is 108 cm³/mol. The zero-order chi connectivity index (χ0) is 20.1. The number of halogens is 2. The number of hydrogen-bond donors (Lipinski definition) is 3. The van der Waals surface area contributed by atoms with Crippen molar-refractivity contribution in [2.75, 3.05) is 16.0 Å². The lowest BCUT2D eigenvalue weighted by Crippen LogP contribution is -2.14. The second-order valence-corrected chi connectivity index (χ2v) is 6.31. The lowest BCUT2D eigenvalue weighted by Gasteiger charge is -2.10. The highest BCUT2D eigenvalue weighted by atomic mass is 35.5. The van der Waals surface area contributed by atoms with Crippen molar-refractivity contribution in [2.45, 2.75) is 6.92 Å². The van der Waals surface area contributed by atoms with Gasteiger partial charge in [0.2, 0.25) is 5.91 Å². The number of rotatable bonds is 5. The average molecular weight is 399 g/mol. The van der Waals surface area contributed by atoms with Gasteiger partial charge in [0.15, 0.2) is 0 Å². The molecule has 0 aliphatic carbocycles. The van der Waals surface area contributed by atoms with Crippen LogP contribution in [0, 0.1) is 5.82 Å². The van der Waals surface area contributed by atoms with Crippen LogP contribution in [0.4, 0.5) is 27.1 Å². The highest BCUT2D eigenvalue weighted by Gasteiger charge is 2.10. The summed E-state index contributed by atoms with van der Waals surface area (Å²) in [5, 5.41) is 8.42. The van der Waals surface area contributed by atoms with Gasteiger partial charge in [-0.3, -0.25) is 14.6 Å². The first-order valence-corrected chi connectivity index (χ1v) is 8.65. The molecule has 0 spiro atoms. The molecule has 1 aromatic heterocycles. The number of pyridine rings is 1. The molecule has 1 heterocycles. The summed E-state index contributed by atoms with van der Waals surface area (Å²) in [6.45, 7) is 1.40. The molecule has 0 bridgehead atoms. The van der Waals surface area contributed by atoms with Crippen LogP contribution in [0.15, 0.2) is 60.8 Å². The standard InChI is InChI=1S/C20H16ClFN4O2/c1-12(27)24-13-3-2-4-14(9-13)26-20(28)19-11-16(7-8-23-19)25-15-5-6-18(22)17(21)10-15/h2-11H,1H3,(H,23,25)(H,24,27)(H,26,28). The second kappa shape index (κ2) is 8.49. The molecule has 0 fully saturated rings. The smallest absolute Gasteiger partial charge is 0.274 e. The lowest BCUT2D eigenvalue weighted by molar-refractivity contribution is -0.114. The third-order valence-corrected chi connectivity index (χ3v) is 3.93. The number of carbonyl (C=O) groups excluding carboxylic acids is 2. The van der Waals surface area contributed by atoms with Crippen molar-refractivity contribution >= 4 is 46.2 Å². The Kier molecular flexibility index (Phi) is 5.86. The predicted octanol–water partition coefficient (Wildman–Crippen LogP) is 4.83. The first-order chi connectivity index (χ1) is 13.4. The number of anilines is 4. The molecule has 6 nitrogen and oxygen atoms in total. The van der Waals surface area contributed by atoms with E-state index in [1.165, 1.54) is 31.3 Å². The van der Waals surface area contributed by atoms with Gasteiger partial charge in [-0.05, 0) is 48.5 Å². The molecule has 3 aromatic rings. The Morgan fingerprint density at radius 3 is 2.36 bits per heavy atom. The van der Waals surface area contributed by atoms with E-state index in [4.69, 9.17) is 11.6 Å². The van der Waals surface area contributed by atoms with Crippen molar-refractivity contribution in [3.8, 4) is 0 Å². The highest BCUT2D eigenvalue weighted by Crippen LogP contribution is 2.23. The summed E-state index contributed by atoms with van der Waals surface area (Å²) in [5.74, 6) is -1.13. The largest absolute Gasteiger partial charge is 0.355 e. The normalized spacial score (nSPS) is 10.2. The van der Waals surface area contributed by atoms with Gasteiger partial charge in [-0.2, -0.15) is 0 Å². The molecule has 0 atom stereocenters. The molecule has 0 unspecified atom stereocenters. The minimum absolute atomic E-state index is 0.00363. The maximum Gasteiger partial charge on any atom is 0.274 e. The maximum absolute atomic E-state index is 13.3. The van der Waals surface area contributed by atoms with Crippen LogP contribution in [-0.4, -0.2) is 16.8 Å². The molecule has 0 aliphatic heterocycles. The van der Waals surface area contributed by atoms with Crippen molar-refractivity contribution in [1.82, 2.24) is 4.98 Å². The zero-order valence-electron chi connectivity index (χ0n) is 14.8. The van der Waals surface area contributed by atoms with E-state index in [0.717, 1.165) is 0 Å². The Balaban J connectivity index is 1.73. The van der Waals surface area contributed by atoms with E-state index in [9.17, 15) is 14.0 Å². The van der Waals surface area contributed by atoms with E-state index in [1.54, 1.807) is 36.4 Å². The maximum atomic E-state index is 13.3. The van der Waals surface area contributed by atoms with Gasteiger partial charge in [0.1, 0.15) is 11.5 Å². The Labute approximate surface area is 165 Å². The van der Waals surface area contributed by atoms with Crippen LogP contribution < -0.4 is 16.0 Å². The van der Waals surface area contributed by atoms with Crippen LogP contribution in [0.25, 0.3) is 0 Å².